The van der Waals surface area contributed by atoms with E-state index in [-0.39, 0.29) is 11.6 Å². The maximum Gasteiger partial charge on any atom is 0.411 e. The van der Waals surface area contributed by atoms with Gasteiger partial charge < -0.3 is 9.30 Å². The molecule has 0 unspecified atom stereocenters. The van der Waals surface area contributed by atoms with Gasteiger partial charge in [0.2, 0.25) is 0 Å². The van der Waals surface area contributed by atoms with Crippen LogP contribution in [-0.4, -0.2) is 20.6 Å². The van der Waals surface area contributed by atoms with E-state index in [9.17, 15) is 9.18 Å². The second kappa shape index (κ2) is 8.41. The SMILES string of the molecule is CCn1cnc2cc(NC(=O)OCc3sc(-c4ccc(F)cc4Cl)nc3C)ccc21. The highest BCUT2D eigenvalue weighted by molar-refractivity contribution is 7.15. The normalized spacial score (nSPS) is 11.1. The van der Waals surface area contributed by atoms with E-state index in [0.29, 0.717) is 16.3 Å². The van der Waals surface area contributed by atoms with Gasteiger partial charge in [0.25, 0.3) is 0 Å². The summed E-state index contributed by atoms with van der Waals surface area (Å²) in [5.41, 5.74) is 3.78. The number of nitrogens with zero attached hydrogens (tertiary/aromatic N) is 3. The van der Waals surface area contributed by atoms with Gasteiger partial charge in [-0.05, 0) is 50.2 Å². The van der Waals surface area contributed by atoms with Crippen LogP contribution in [-0.2, 0) is 17.9 Å². The van der Waals surface area contributed by atoms with Crippen LogP contribution in [0.2, 0.25) is 5.02 Å². The van der Waals surface area contributed by atoms with Crippen molar-refractivity contribution < 1.29 is 13.9 Å². The molecule has 0 spiro atoms. The third-order valence-corrected chi connectivity index (χ3v) is 6.07. The lowest BCUT2D eigenvalue weighted by atomic mass is 10.2. The summed E-state index contributed by atoms with van der Waals surface area (Å²) in [4.78, 5) is 21.8. The molecule has 0 saturated heterocycles. The number of benzene rings is 2. The summed E-state index contributed by atoms with van der Waals surface area (Å²) in [7, 11) is 0. The van der Waals surface area contributed by atoms with Crippen molar-refractivity contribution in [3.8, 4) is 10.6 Å². The van der Waals surface area contributed by atoms with Crippen molar-refractivity contribution in [2.24, 2.45) is 0 Å². The molecule has 1 amide bonds. The van der Waals surface area contributed by atoms with Crippen molar-refractivity contribution in [1.82, 2.24) is 14.5 Å². The summed E-state index contributed by atoms with van der Waals surface area (Å²) in [6, 6.07) is 9.69. The number of aryl methyl sites for hydroxylation is 2. The maximum absolute atomic E-state index is 13.3. The molecule has 154 valence electrons. The molecule has 6 nitrogen and oxygen atoms in total. The minimum atomic E-state index is -0.571. The Morgan fingerprint density at radius 1 is 1.30 bits per heavy atom. The van der Waals surface area contributed by atoms with Crippen molar-refractivity contribution in [3.05, 3.63) is 64.1 Å². The fourth-order valence-electron chi connectivity index (χ4n) is 3.02. The van der Waals surface area contributed by atoms with Gasteiger partial charge in [-0.25, -0.2) is 19.2 Å². The second-order valence-corrected chi connectivity index (χ2v) is 8.08. The number of carbonyl (C=O) groups excluding carboxylic acids is 1. The Morgan fingerprint density at radius 2 is 2.13 bits per heavy atom. The Labute approximate surface area is 181 Å². The van der Waals surface area contributed by atoms with E-state index in [1.807, 2.05) is 30.5 Å². The molecule has 1 N–H and O–H groups in total. The largest absolute Gasteiger partial charge is 0.444 e. The minimum Gasteiger partial charge on any atom is -0.444 e. The molecule has 0 fully saturated rings. The van der Waals surface area contributed by atoms with E-state index < -0.39 is 11.9 Å². The lowest BCUT2D eigenvalue weighted by molar-refractivity contribution is 0.156. The van der Waals surface area contributed by atoms with Crippen LogP contribution in [0.3, 0.4) is 0 Å². The van der Waals surface area contributed by atoms with Gasteiger partial charge in [0.05, 0.1) is 33.0 Å². The number of thiazole rings is 1. The van der Waals surface area contributed by atoms with Gasteiger partial charge >= 0.3 is 6.09 Å². The zero-order chi connectivity index (χ0) is 21.3. The van der Waals surface area contributed by atoms with Gasteiger partial charge in [0.1, 0.15) is 17.4 Å². The highest BCUT2D eigenvalue weighted by atomic mass is 35.5. The van der Waals surface area contributed by atoms with Crippen molar-refractivity contribution in [2.45, 2.75) is 27.0 Å². The number of fused-ring (bicyclic) bond motifs is 1. The van der Waals surface area contributed by atoms with Crippen LogP contribution in [0.1, 0.15) is 17.5 Å². The summed E-state index contributed by atoms with van der Waals surface area (Å²) < 4.78 is 20.6. The average molecular weight is 445 g/mol. The van der Waals surface area contributed by atoms with Gasteiger partial charge in [-0.15, -0.1) is 11.3 Å². The van der Waals surface area contributed by atoms with E-state index in [0.717, 1.165) is 28.1 Å². The number of aromatic nitrogens is 3. The number of hydrogen-bond donors (Lipinski definition) is 1. The molecular weight excluding hydrogens is 427 g/mol. The number of anilines is 1. The van der Waals surface area contributed by atoms with E-state index in [2.05, 4.69) is 15.3 Å². The number of nitrogens with one attached hydrogen (secondary N) is 1. The van der Waals surface area contributed by atoms with Crippen molar-refractivity contribution in [1.29, 1.82) is 0 Å². The topological polar surface area (TPSA) is 69.0 Å². The third kappa shape index (κ3) is 4.15. The van der Waals surface area contributed by atoms with Crippen LogP contribution in [0.5, 0.6) is 0 Å². The third-order valence-electron chi connectivity index (χ3n) is 4.60. The fraction of sp³-hybridized carbons (Fsp3) is 0.190. The Balaban J connectivity index is 1.42. The summed E-state index contributed by atoms with van der Waals surface area (Å²) in [6.45, 7) is 4.76. The molecule has 0 saturated carbocycles. The van der Waals surface area contributed by atoms with Crippen molar-refractivity contribution >= 4 is 45.8 Å². The van der Waals surface area contributed by atoms with Gasteiger partial charge in [-0.3, -0.25) is 5.32 Å². The van der Waals surface area contributed by atoms with Crippen molar-refractivity contribution in [2.75, 3.05) is 5.32 Å². The number of halogens is 2. The number of amides is 1. The molecule has 0 bridgehead atoms. The van der Waals surface area contributed by atoms with Gasteiger partial charge in [0.15, 0.2) is 0 Å². The maximum atomic E-state index is 13.3. The minimum absolute atomic E-state index is 0.0703. The van der Waals surface area contributed by atoms with Crippen LogP contribution in [0.25, 0.3) is 21.6 Å². The smallest absolute Gasteiger partial charge is 0.411 e. The molecule has 0 aliphatic heterocycles. The molecule has 2 aromatic heterocycles. The number of imidazole rings is 1. The number of hydrogen-bond acceptors (Lipinski definition) is 5. The predicted octanol–water partition coefficient (Wildman–Crippen LogP) is 6.03. The lowest BCUT2D eigenvalue weighted by Gasteiger charge is -2.07. The zero-order valence-electron chi connectivity index (χ0n) is 16.3. The Morgan fingerprint density at radius 3 is 2.90 bits per heavy atom. The first kappa shape index (κ1) is 20.3. The number of carbonyl (C=O) groups is 1. The van der Waals surface area contributed by atoms with Gasteiger partial charge in [0, 0.05) is 17.8 Å². The van der Waals surface area contributed by atoms with Crippen LogP contribution in [0.15, 0.2) is 42.7 Å². The molecule has 9 heteroatoms. The molecule has 2 heterocycles. The highest BCUT2D eigenvalue weighted by Crippen LogP contribution is 2.33. The Kier molecular flexibility index (Phi) is 5.69. The highest BCUT2D eigenvalue weighted by Gasteiger charge is 2.15. The molecule has 0 atom stereocenters. The first-order valence-corrected chi connectivity index (χ1v) is 10.4. The van der Waals surface area contributed by atoms with Crippen LogP contribution in [0, 0.1) is 12.7 Å². The van der Waals surface area contributed by atoms with Gasteiger partial charge in [-0.1, -0.05) is 11.6 Å². The first-order chi connectivity index (χ1) is 14.4. The molecule has 0 aliphatic rings. The molecular formula is C21H18ClFN4O2S. The molecule has 4 rings (SSSR count). The summed E-state index contributed by atoms with van der Waals surface area (Å²) in [5, 5.41) is 3.65. The summed E-state index contributed by atoms with van der Waals surface area (Å²) in [5.74, 6) is -0.406. The Bertz CT molecular complexity index is 1240. The average Bonchev–Trinajstić information content (AvgIpc) is 3.29. The monoisotopic (exact) mass is 444 g/mol. The van der Waals surface area contributed by atoms with Crippen LogP contribution < -0.4 is 5.32 Å². The summed E-state index contributed by atoms with van der Waals surface area (Å²) in [6.07, 6.45) is 1.20. The zero-order valence-corrected chi connectivity index (χ0v) is 17.9. The molecule has 4 aromatic rings. The fourth-order valence-corrected chi connectivity index (χ4v) is 4.35. The molecule has 30 heavy (non-hydrogen) atoms. The van der Waals surface area contributed by atoms with E-state index in [1.54, 1.807) is 18.5 Å². The van der Waals surface area contributed by atoms with E-state index in [1.165, 1.54) is 23.5 Å². The second-order valence-electron chi connectivity index (χ2n) is 6.59. The van der Waals surface area contributed by atoms with E-state index in [4.69, 9.17) is 16.3 Å². The van der Waals surface area contributed by atoms with Crippen LogP contribution in [0.4, 0.5) is 14.9 Å². The predicted molar refractivity (Wildman–Crippen MR) is 116 cm³/mol. The lowest BCUT2D eigenvalue weighted by Crippen LogP contribution is -2.13. The molecule has 2 aromatic carbocycles. The molecule has 0 radical (unpaired) electrons. The number of rotatable bonds is 5. The molecule has 0 aliphatic carbocycles. The van der Waals surface area contributed by atoms with Gasteiger partial charge in [-0.2, -0.15) is 0 Å². The first-order valence-electron chi connectivity index (χ1n) is 9.25. The summed E-state index contributed by atoms with van der Waals surface area (Å²) >= 11 is 7.47. The van der Waals surface area contributed by atoms with Crippen molar-refractivity contribution in [3.63, 3.8) is 0 Å². The Hall–Kier alpha value is -2.97. The van der Waals surface area contributed by atoms with E-state index >= 15 is 0 Å². The standard InChI is InChI=1S/C21H18ClFN4O2S/c1-3-27-11-24-17-9-14(5-7-18(17)27)26-21(28)29-10-19-12(2)25-20(30-19)15-6-4-13(23)8-16(15)22/h4-9,11H,3,10H2,1-2H3,(H,26,28). The van der Waals surface area contributed by atoms with Crippen LogP contribution >= 0.6 is 22.9 Å². The number of ether oxygens (including phenoxy) is 1. The quantitative estimate of drug-likeness (QED) is 0.408.